The van der Waals surface area contributed by atoms with Crippen LogP contribution in [0.5, 0.6) is 5.75 Å². The van der Waals surface area contributed by atoms with Gasteiger partial charge in [0, 0.05) is 19.1 Å². The van der Waals surface area contributed by atoms with Gasteiger partial charge in [-0.25, -0.2) is 0 Å². The molecule has 1 aliphatic heterocycles. The molecule has 1 aliphatic rings. The maximum atomic E-state index is 12.9. The van der Waals surface area contributed by atoms with E-state index in [9.17, 15) is 4.79 Å². The van der Waals surface area contributed by atoms with Gasteiger partial charge in [0.1, 0.15) is 18.1 Å². The maximum absolute atomic E-state index is 12.9. The van der Waals surface area contributed by atoms with E-state index in [1.54, 1.807) is 6.07 Å². The summed E-state index contributed by atoms with van der Waals surface area (Å²) in [7, 11) is 0. The lowest BCUT2D eigenvalue weighted by Gasteiger charge is -2.27. The van der Waals surface area contributed by atoms with E-state index in [0.29, 0.717) is 18.1 Å². The fourth-order valence-electron chi connectivity index (χ4n) is 3.72. The van der Waals surface area contributed by atoms with Crippen molar-refractivity contribution in [1.82, 2.24) is 10.2 Å². The minimum Gasteiger partial charge on any atom is -0.486 e. The van der Waals surface area contributed by atoms with Crippen LogP contribution in [0.3, 0.4) is 0 Å². The standard InChI is InChI=1S/C23H26N2O3/c1-2-13-25(19-11-12-24-15-19)23(26)22-10-9-21(28-22)16-27-20-8-7-17-5-3-4-6-18(17)14-20/h3-10,14,19,24H,2,11-13,15-16H2,1H3. The van der Waals surface area contributed by atoms with E-state index < -0.39 is 0 Å². The molecule has 0 spiro atoms. The number of hydrogen-bond acceptors (Lipinski definition) is 4. The molecule has 4 rings (SSSR count). The van der Waals surface area contributed by atoms with Gasteiger partial charge < -0.3 is 19.4 Å². The smallest absolute Gasteiger partial charge is 0.289 e. The van der Waals surface area contributed by atoms with Crippen molar-refractivity contribution in [2.75, 3.05) is 19.6 Å². The molecule has 0 aliphatic carbocycles. The van der Waals surface area contributed by atoms with Crippen LogP contribution in [0.1, 0.15) is 36.1 Å². The second-order valence-electron chi connectivity index (χ2n) is 7.21. The van der Waals surface area contributed by atoms with Crippen molar-refractivity contribution in [2.45, 2.75) is 32.4 Å². The molecule has 1 unspecified atom stereocenters. The zero-order valence-electron chi connectivity index (χ0n) is 16.2. The van der Waals surface area contributed by atoms with Crippen LogP contribution in [0, 0.1) is 0 Å². The highest BCUT2D eigenvalue weighted by Gasteiger charge is 2.28. The number of hydrogen-bond donors (Lipinski definition) is 1. The van der Waals surface area contributed by atoms with Gasteiger partial charge in [-0.15, -0.1) is 0 Å². The lowest BCUT2D eigenvalue weighted by atomic mass is 10.1. The van der Waals surface area contributed by atoms with Crippen LogP contribution in [0.15, 0.2) is 59.0 Å². The molecule has 1 aromatic heterocycles. The average molecular weight is 378 g/mol. The third-order valence-corrected chi connectivity index (χ3v) is 5.17. The molecule has 0 bridgehead atoms. The number of rotatable bonds is 7. The molecular formula is C23H26N2O3. The number of benzene rings is 2. The number of amides is 1. The molecule has 3 aromatic rings. The molecule has 5 heteroatoms. The van der Waals surface area contributed by atoms with E-state index in [-0.39, 0.29) is 11.9 Å². The van der Waals surface area contributed by atoms with Crippen molar-refractivity contribution in [2.24, 2.45) is 0 Å². The molecule has 1 saturated heterocycles. The Balaban J connectivity index is 1.42. The first-order chi connectivity index (χ1) is 13.7. The highest BCUT2D eigenvalue weighted by atomic mass is 16.5. The number of nitrogens with zero attached hydrogens (tertiary/aromatic N) is 1. The summed E-state index contributed by atoms with van der Waals surface area (Å²) in [5.41, 5.74) is 0. The molecule has 1 fully saturated rings. The minimum absolute atomic E-state index is 0.0347. The molecule has 1 amide bonds. The predicted octanol–water partition coefficient (Wildman–Crippen LogP) is 4.23. The van der Waals surface area contributed by atoms with Gasteiger partial charge in [-0.2, -0.15) is 0 Å². The zero-order chi connectivity index (χ0) is 19.3. The first-order valence-corrected chi connectivity index (χ1v) is 9.96. The molecule has 2 aromatic carbocycles. The van der Waals surface area contributed by atoms with Gasteiger partial charge in [-0.05, 0) is 54.4 Å². The monoisotopic (exact) mass is 378 g/mol. The van der Waals surface area contributed by atoms with Crippen LogP contribution in [0.25, 0.3) is 10.8 Å². The third kappa shape index (κ3) is 4.04. The Morgan fingerprint density at radius 3 is 2.82 bits per heavy atom. The number of nitrogens with one attached hydrogen (secondary N) is 1. The van der Waals surface area contributed by atoms with Gasteiger partial charge in [0.2, 0.25) is 0 Å². The van der Waals surface area contributed by atoms with Crippen molar-refractivity contribution in [1.29, 1.82) is 0 Å². The minimum atomic E-state index is -0.0347. The lowest BCUT2D eigenvalue weighted by molar-refractivity contribution is 0.0655. The highest BCUT2D eigenvalue weighted by Crippen LogP contribution is 2.22. The van der Waals surface area contributed by atoms with Crippen molar-refractivity contribution in [3.8, 4) is 5.75 Å². The number of furan rings is 1. The molecule has 1 atom stereocenters. The van der Waals surface area contributed by atoms with Crippen molar-refractivity contribution in [3.05, 3.63) is 66.1 Å². The van der Waals surface area contributed by atoms with E-state index in [2.05, 4.69) is 24.4 Å². The van der Waals surface area contributed by atoms with Crippen molar-refractivity contribution < 1.29 is 13.9 Å². The normalized spacial score (nSPS) is 16.4. The fraction of sp³-hybridized carbons (Fsp3) is 0.348. The van der Waals surface area contributed by atoms with Crippen LogP contribution < -0.4 is 10.1 Å². The van der Waals surface area contributed by atoms with Crippen LogP contribution >= 0.6 is 0 Å². The van der Waals surface area contributed by atoms with Gasteiger partial charge in [-0.3, -0.25) is 4.79 Å². The van der Waals surface area contributed by atoms with Crippen LogP contribution in [-0.2, 0) is 6.61 Å². The Labute approximate surface area is 165 Å². The van der Waals surface area contributed by atoms with Gasteiger partial charge in [0.15, 0.2) is 5.76 Å². The molecule has 2 heterocycles. The molecule has 28 heavy (non-hydrogen) atoms. The zero-order valence-corrected chi connectivity index (χ0v) is 16.2. The first-order valence-electron chi connectivity index (χ1n) is 9.96. The van der Waals surface area contributed by atoms with Crippen LogP contribution in [0.4, 0.5) is 0 Å². The number of fused-ring (bicyclic) bond motifs is 1. The molecule has 146 valence electrons. The number of carbonyl (C=O) groups is 1. The van der Waals surface area contributed by atoms with E-state index in [1.165, 1.54) is 5.39 Å². The summed E-state index contributed by atoms with van der Waals surface area (Å²) < 4.78 is 11.7. The van der Waals surface area contributed by atoms with Gasteiger partial charge in [0.05, 0.1) is 0 Å². The average Bonchev–Trinajstić information content (AvgIpc) is 3.42. The Bertz CT molecular complexity index is 944. The number of carbonyl (C=O) groups excluding carboxylic acids is 1. The van der Waals surface area contributed by atoms with E-state index in [0.717, 1.165) is 43.6 Å². The summed E-state index contributed by atoms with van der Waals surface area (Å²) in [6.45, 7) is 4.94. The maximum Gasteiger partial charge on any atom is 0.289 e. The molecule has 0 saturated carbocycles. The lowest BCUT2D eigenvalue weighted by Crippen LogP contribution is -2.41. The van der Waals surface area contributed by atoms with Crippen molar-refractivity contribution >= 4 is 16.7 Å². The summed E-state index contributed by atoms with van der Waals surface area (Å²) in [6.07, 6.45) is 1.92. The Hall–Kier alpha value is -2.79. The van der Waals surface area contributed by atoms with E-state index in [4.69, 9.17) is 9.15 Å². The summed E-state index contributed by atoms with van der Waals surface area (Å²) in [6, 6.07) is 18.0. The first kappa shape index (κ1) is 18.6. The van der Waals surface area contributed by atoms with E-state index >= 15 is 0 Å². The Morgan fingerprint density at radius 1 is 1.18 bits per heavy atom. The second-order valence-corrected chi connectivity index (χ2v) is 7.21. The second kappa shape index (κ2) is 8.48. The van der Waals surface area contributed by atoms with Crippen molar-refractivity contribution in [3.63, 3.8) is 0 Å². The summed E-state index contributed by atoms with van der Waals surface area (Å²) in [5, 5.41) is 5.64. The Kier molecular flexibility index (Phi) is 5.63. The highest BCUT2D eigenvalue weighted by molar-refractivity contribution is 5.91. The molecule has 1 N–H and O–H groups in total. The predicted molar refractivity (Wildman–Crippen MR) is 110 cm³/mol. The van der Waals surface area contributed by atoms with Gasteiger partial charge >= 0.3 is 0 Å². The fourth-order valence-corrected chi connectivity index (χ4v) is 3.72. The van der Waals surface area contributed by atoms with Crippen LogP contribution in [-0.4, -0.2) is 36.5 Å². The topological polar surface area (TPSA) is 54.7 Å². The summed E-state index contributed by atoms with van der Waals surface area (Å²) >= 11 is 0. The molecule has 5 nitrogen and oxygen atoms in total. The SMILES string of the molecule is CCCN(C(=O)c1ccc(COc2ccc3ccccc3c2)o1)C1CCNC1. The van der Waals surface area contributed by atoms with E-state index in [1.807, 2.05) is 41.3 Å². The third-order valence-electron chi connectivity index (χ3n) is 5.17. The largest absolute Gasteiger partial charge is 0.486 e. The van der Waals surface area contributed by atoms with Gasteiger partial charge in [-0.1, -0.05) is 37.3 Å². The summed E-state index contributed by atoms with van der Waals surface area (Å²) in [4.78, 5) is 14.9. The molecule has 0 radical (unpaired) electrons. The molecular weight excluding hydrogens is 352 g/mol. The van der Waals surface area contributed by atoms with Gasteiger partial charge in [0.25, 0.3) is 5.91 Å². The van der Waals surface area contributed by atoms with Crippen LogP contribution in [0.2, 0.25) is 0 Å². The summed E-state index contributed by atoms with van der Waals surface area (Å²) in [5.74, 6) is 1.79. The number of ether oxygens (including phenoxy) is 1. The Morgan fingerprint density at radius 2 is 2.04 bits per heavy atom. The quantitative estimate of drug-likeness (QED) is 0.669.